The molecule has 110 valence electrons. The van der Waals surface area contributed by atoms with Crippen LogP contribution in [0.1, 0.15) is 31.9 Å². The van der Waals surface area contributed by atoms with Crippen LogP contribution in [0.3, 0.4) is 0 Å². The van der Waals surface area contributed by atoms with E-state index < -0.39 is 18.4 Å². The first-order chi connectivity index (χ1) is 9.37. The van der Waals surface area contributed by atoms with Crippen molar-refractivity contribution in [3.8, 4) is 0 Å². The van der Waals surface area contributed by atoms with E-state index in [1.807, 2.05) is 0 Å². The molecule has 1 aliphatic heterocycles. The van der Waals surface area contributed by atoms with Crippen LogP contribution in [0.15, 0.2) is 40.5 Å². The fourth-order valence-electron chi connectivity index (χ4n) is 2.86. The molecule has 1 fully saturated rings. The summed E-state index contributed by atoms with van der Waals surface area (Å²) in [4.78, 5) is 7.38. The van der Waals surface area contributed by atoms with Gasteiger partial charge in [-0.2, -0.15) is 0 Å². The second-order valence-electron chi connectivity index (χ2n) is 7.37. The first kappa shape index (κ1) is 16.1. The molecule has 2 heteroatoms. The molecule has 2 rings (SSSR count). The second kappa shape index (κ2) is 6.65. The van der Waals surface area contributed by atoms with Crippen molar-refractivity contribution in [3.05, 3.63) is 46.1 Å². The van der Waals surface area contributed by atoms with Gasteiger partial charge >= 0.3 is 128 Å². The van der Waals surface area contributed by atoms with Crippen LogP contribution in [0.2, 0.25) is 14.8 Å². The quantitative estimate of drug-likeness (QED) is 0.652. The van der Waals surface area contributed by atoms with Crippen LogP contribution in [0.4, 0.5) is 0 Å². The first-order valence-electron chi connectivity index (χ1n) is 7.76. The number of rotatable bonds is 4. The van der Waals surface area contributed by atoms with E-state index in [9.17, 15) is 0 Å². The van der Waals surface area contributed by atoms with Gasteiger partial charge < -0.3 is 0 Å². The molecule has 1 aromatic rings. The third-order valence-corrected chi connectivity index (χ3v) is 7.30. The van der Waals surface area contributed by atoms with Crippen molar-refractivity contribution in [2.24, 2.45) is 11.8 Å². The monoisotopic (exact) mass is 380 g/mol. The van der Waals surface area contributed by atoms with E-state index >= 15 is 0 Å². The van der Waals surface area contributed by atoms with Gasteiger partial charge in [-0.25, -0.2) is 0 Å². The van der Waals surface area contributed by atoms with Crippen LogP contribution in [0.5, 0.6) is 0 Å². The Morgan fingerprint density at radius 3 is 2.35 bits per heavy atom. The third-order valence-electron chi connectivity index (χ3n) is 3.90. The van der Waals surface area contributed by atoms with Gasteiger partial charge in [0, 0.05) is 0 Å². The molecule has 0 bridgehead atoms. The van der Waals surface area contributed by atoms with Crippen LogP contribution in [-0.4, -0.2) is 24.5 Å². The van der Waals surface area contributed by atoms with Crippen LogP contribution in [0, 0.1) is 11.8 Å². The molecule has 0 radical (unpaired) electrons. The van der Waals surface area contributed by atoms with Crippen molar-refractivity contribution >= 4 is 18.4 Å². The van der Waals surface area contributed by atoms with Crippen LogP contribution >= 0.6 is 0 Å². The van der Waals surface area contributed by atoms with Gasteiger partial charge in [0.2, 0.25) is 0 Å². The van der Waals surface area contributed by atoms with E-state index in [4.69, 9.17) is 4.74 Å². The molecular weight excluding hydrogens is 351 g/mol. The van der Waals surface area contributed by atoms with Crippen molar-refractivity contribution in [3.63, 3.8) is 0 Å². The summed E-state index contributed by atoms with van der Waals surface area (Å²) in [5.41, 5.74) is 1.33. The van der Waals surface area contributed by atoms with Crippen molar-refractivity contribution in [2.75, 3.05) is 0 Å². The summed E-state index contributed by atoms with van der Waals surface area (Å²) in [5, 5.41) is 0. The molecule has 1 aliphatic rings. The topological polar surface area (TPSA) is 9.23 Å². The molecule has 1 saturated heterocycles. The molecule has 20 heavy (non-hydrogen) atoms. The Bertz CT molecular complexity index is 444. The van der Waals surface area contributed by atoms with Gasteiger partial charge in [0.25, 0.3) is 0 Å². The fraction of sp³-hybridized carbons (Fsp3) is 0.556. The van der Waals surface area contributed by atoms with E-state index in [2.05, 4.69) is 69.2 Å². The maximum absolute atomic E-state index is 6.36. The Hall–Kier alpha value is -0.281. The third kappa shape index (κ3) is 4.36. The van der Waals surface area contributed by atoms with Gasteiger partial charge in [-0.05, 0) is 0 Å². The number of ether oxygens (including phenoxy) is 1. The molecule has 0 unspecified atom stereocenters. The zero-order valence-corrected chi connectivity index (χ0v) is 16.3. The summed E-state index contributed by atoms with van der Waals surface area (Å²) in [7, 11) is 0. The second-order valence-corrected chi connectivity index (χ2v) is 21.8. The Balaban J connectivity index is 2.13. The molecule has 1 heterocycles. The van der Waals surface area contributed by atoms with Gasteiger partial charge in [-0.1, -0.05) is 0 Å². The molecule has 0 spiro atoms. The molecule has 0 aromatic heterocycles. The Morgan fingerprint density at radius 2 is 1.80 bits per heavy atom. The minimum atomic E-state index is -1.83. The first-order valence-corrected chi connectivity index (χ1v) is 18.0. The Kier molecular flexibility index (Phi) is 5.35. The van der Waals surface area contributed by atoms with Gasteiger partial charge in [-0.3, -0.25) is 0 Å². The number of hydrogen-bond acceptors (Lipinski definition) is 1. The van der Waals surface area contributed by atoms with E-state index in [0.29, 0.717) is 17.9 Å². The van der Waals surface area contributed by atoms with E-state index in [-0.39, 0.29) is 6.10 Å². The predicted octanol–water partition coefficient (Wildman–Crippen LogP) is 5.22. The van der Waals surface area contributed by atoms with Gasteiger partial charge in [0.15, 0.2) is 0 Å². The average molecular weight is 379 g/mol. The summed E-state index contributed by atoms with van der Waals surface area (Å²) in [6, 6.07) is 10.7. The normalized spacial score (nSPS) is 27.6. The van der Waals surface area contributed by atoms with Crippen molar-refractivity contribution < 1.29 is 4.74 Å². The minimum absolute atomic E-state index is 0.272. The van der Waals surface area contributed by atoms with Gasteiger partial charge in [-0.15, -0.1) is 0 Å². The molecule has 0 N–H and O–H groups in total. The summed E-state index contributed by atoms with van der Waals surface area (Å²) in [6.07, 6.45) is 4.24. The summed E-state index contributed by atoms with van der Waals surface area (Å²) >= 11 is -1.83. The van der Waals surface area contributed by atoms with Gasteiger partial charge in [0.05, 0.1) is 0 Å². The van der Waals surface area contributed by atoms with Crippen LogP contribution < -0.4 is 0 Å². The Labute approximate surface area is 128 Å². The number of hydrogen-bond donors (Lipinski definition) is 0. The molecular formula is C18H28OSn. The molecule has 0 amide bonds. The SMILES string of the molecule is CC(C)[C@H]1O[C@@H](c2ccccc2)C[C@H]1/C=[CH]/[Sn]([CH3])([CH3])[CH3]. The summed E-state index contributed by atoms with van der Waals surface area (Å²) in [6.45, 7) is 4.55. The van der Waals surface area contributed by atoms with Crippen LogP contribution in [0.25, 0.3) is 0 Å². The summed E-state index contributed by atoms with van der Waals surface area (Å²) in [5.74, 6) is 1.16. The molecule has 1 aromatic carbocycles. The van der Waals surface area contributed by atoms with Crippen molar-refractivity contribution in [1.82, 2.24) is 0 Å². The standard InChI is InChI=1S/C15H19O.3CH3.Sn/c1-4-12-10-14(16-15(12)11(2)3)13-8-6-5-7-9-13;;;;/h1,4-9,11-12,14-15H,10H2,2-3H3;3*1H3;/t12-,14-,15-;;;;/m1..../s1. The molecule has 1 nitrogen and oxygen atoms in total. The van der Waals surface area contributed by atoms with E-state index in [1.54, 1.807) is 0 Å². The van der Waals surface area contributed by atoms with E-state index in [0.717, 1.165) is 6.42 Å². The predicted molar refractivity (Wildman–Crippen MR) is 89.5 cm³/mol. The maximum atomic E-state index is 6.36. The Morgan fingerprint density at radius 1 is 1.15 bits per heavy atom. The van der Waals surface area contributed by atoms with Crippen molar-refractivity contribution in [1.29, 1.82) is 0 Å². The number of benzene rings is 1. The zero-order chi connectivity index (χ0) is 14.8. The van der Waals surface area contributed by atoms with E-state index in [1.165, 1.54) is 5.56 Å². The van der Waals surface area contributed by atoms with Gasteiger partial charge in [0.1, 0.15) is 0 Å². The van der Waals surface area contributed by atoms with Crippen molar-refractivity contribution in [2.45, 2.75) is 47.3 Å². The molecule has 0 saturated carbocycles. The summed E-state index contributed by atoms with van der Waals surface area (Å²) < 4.78 is 8.91. The molecule has 3 atom stereocenters. The van der Waals surface area contributed by atoms with Crippen LogP contribution in [-0.2, 0) is 4.74 Å². The average Bonchev–Trinajstić information content (AvgIpc) is 2.81. The zero-order valence-electron chi connectivity index (χ0n) is 13.5. The molecule has 0 aliphatic carbocycles. The fourth-order valence-corrected chi connectivity index (χ4v) is 5.22.